The average Bonchev–Trinajstić information content (AvgIpc) is 2.82. The molecule has 2 N–H and O–H groups in total. The number of carbonyl (C=O) groups is 2. The number of sulfone groups is 1. The van der Waals surface area contributed by atoms with E-state index in [1.165, 1.54) is 0 Å². The second kappa shape index (κ2) is 4.67. The van der Waals surface area contributed by atoms with E-state index in [2.05, 4.69) is 10.6 Å². The SMILES string of the molecule is CS(=O)(=O)CCS(=O)(=O)N1CCC2(C1)NC(=O)NC2=O. The van der Waals surface area contributed by atoms with Gasteiger partial charge in [-0.3, -0.25) is 10.1 Å². The van der Waals surface area contributed by atoms with Crippen LogP contribution in [0.3, 0.4) is 0 Å². The maximum Gasteiger partial charge on any atom is 0.322 e. The van der Waals surface area contributed by atoms with Gasteiger partial charge >= 0.3 is 6.03 Å². The monoisotopic (exact) mass is 325 g/mol. The second-order valence-electron chi connectivity index (χ2n) is 5.02. The smallest absolute Gasteiger partial charge is 0.322 e. The summed E-state index contributed by atoms with van der Waals surface area (Å²) in [6.45, 7) is -0.101. The largest absolute Gasteiger partial charge is 0.322 e. The first kappa shape index (κ1) is 15.2. The van der Waals surface area contributed by atoms with Crippen LogP contribution in [0.25, 0.3) is 0 Å². The Morgan fingerprint density at radius 2 is 1.85 bits per heavy atom. The summed E-state index contributed by atoms with van der Waals surface area (Å²) >= 11 is 0. The molecule has 20 heavy (non-hydrogen) atoms. The number of hydrogen-bond acceptors (Lipinski definition) is 6. The van der Waals surface area contributed by atoms with Crippen molar-refractivity contribution in [3.63, 3.8) is 0 Å². The molecule has 2 aliphatic rings. The Kier molecular flexibility index (Phi) is 3.55. The Labute approximate surface area is 116 Å². The van der Waals surface area contributed by atoms with Gasteiger partial charge in [0.25, 0.3) is 5.91 Å². The molecule has 9 nitrogen and oxygen atoms in total. The van der Waals surface area contributed by atoms with Crippen molar-refractivity contribution in [2.24, 2.45) is 0 Å². The number of rotatable bonds is 4. The Hall–Kier alpha value is -1.20. The van der Waals surface area contributed by atoms with Crippen molar-refractivity contribution in [3.05, 3.63) is 0 Å². The Morgan fingerprint density at radius 1 is 1.20 bits per heavy atom. The number of carbonyl (C=O) groups excluding carboxylic acids is 2. The van der Waals surface area contributed by atoms with Crippen molar-refractivity contribution in [1.82, 2.24) is 14.9 Å². The van der Waals surface area contributed by atoms with Crippen LogP contribution in [0.4, 0.5) is 4.79 Å². The van der Waals surface area contributed by atoms with Crippen molar-refractivity contribution in [2.45, 2.75) is 12.0 Å². The fourth-order valence-corrected chi connectivity index (χ4v) is 5.31. The molecule has 0 aromatic rings. The third-order valence-electron chi connectivity index (χ3n) is 3.35. The van der Waals surface area contributed by atoms with Crippen LogP contribution < -0.4 is 10.6 Å². The van der Waals surface area contributed by atoms with Crippen molar-refractivity contribution in [3.8, 4) is 0 Å². The normalized spacial score (nSPS) is 27.9. The topological polar surface area (TPSA) is 130 Å². The van der Waals surface area contributed by atoms with Gasteiger partial charge in [-0.15, -0.1) is 0 Å². The summed E-state index contributed by atoms with van der Waals surface area (Å²) < 4.78 is 47.2. The minimum Gasteiger partial charge on any atom is -0.322 e. The van der Waals surface area contributed by atoms with E-state index in [0.717, 1.165) is 10.6 Å². The van der Waals surface area contributed by atoms with Crippen LogP contribution in [0.2, 0.25) is 0 Å². The number of urea groups is 1. The first-order valence-electron chi connectivity index (χ1n) is 5.83. The third kappa shape index (κ3) is 2.94. The van der Waals surface area contributed by atoms with E-state index in [4.69, 9.17) is 0 Å². The second-order valence-corrected chi connectivity index (χ2v) is 9.37. The summed E-state index contributed by atoms with van der Waals surface area (Å²) in [5.74, 6) is -1.56. The molecule has 2 rings (SSSR count). The maximum absolute atomic E-state index is 12.0. The summed E-state index contributed by atoms with van der Waals surface area (Å²) in [6.07, 6.45) is 1.13. The lowest BCUT2D eigenvalue weighted by molar-refractivity contribution is -0.123. The molecule has 11 heteroatoms. The van der Waals surface area contributed by atoms with E-state index in [9.17, 15) is 26.4 Å². The fraction of sp³-hybridized carbons (Fsp3) is 0.778. The molecule has 0 aliphatic carbocycles. The summed E-state index contributed by atoms with van der Waals surface area (Å²) in [5.41, 5.74) is -1.23. The van der Waals surface area contributed by atoms with Crippen LogP contribution in [0.1, 0.15) is 6.42 Å². The highest BCUT2D eigenvalue weighted by Gasteiger charge is 2.52. The number of imide groups is 1. The molecule has 1 atom stereocenters. The fourth-order valence-electron chi connectivity index (χ4n) is 2.21. The van der Waals surface area contributed by atoms with E-state index < -0.39 is 48.8 Å². The van der Waals surface area contributed by atoms with E-state index >= 15 is 0 Å². The van der Waals surface area contributed by atoms with Gasteiger partial charge in [-0.25, -0.2) is 21.6 Å². The van der Waals surface area contributed by atoms with Gasteiger partial charge in [0.2, 0.25) is 10.0 Å². The van der Waals surface area contributed by atoms with Crippen LogP contribution in [0.5, 0.6) is 0 Å². The number of nitrogens with zero attached hydrogens (tertiary/aromatic N) is 1. The first-order valence-corrected chi connectivity index (χ1v) is 9.50. The number of hydrogen-bond donors (Lipinski definition) is 2. The lowest BCUT2D eigenvalue weighted by atomic mass is 10.00. The van der Waals surface area contributed by atoms with E-state index in [1.54, 1.807) is 0 Å². The van der Waals surface area contributed by atoms with Gasteiger partial charge in [0.1, 0.15) is 15.4 Å². The molecule has 1 spiro atoms. The maximum atomic E-state index is 12.0. The number of nitrogens with one attached hydrogen (secondary N) is 2. The first-order chi connectivity index (χ1) is 9.04. The molecule has 2 aliphatic heterocycles. The number of sulfonamides is 1. The standard InChI is InChI=1S/C9H15N3O6S2/c1-19(15,16)4-5-20(17,18)12-3-2-9(6-12)7(13)10-8(14)11-9/h2-6H2,1H3,(H2,10,11,13,14). The molecule has 0 aromatic carbocycles. The highest BCUT2D eigenvalue weighted by atomic mass is 32.2. The van der Waals surface area contributed by atoms with Crippen LogP contribution in [-0.2, 0) is 24.7 Å². The molecule has 0 radical (unpaired) electrons. The Bertz CT molecular complexity index is 655. The zero-order valence-corrected chi connectivity index (χ0v) is 12.4. The molecule has 3 amide bonds. The lowest BCUT2D eigenvalue weighted by Crippen LogP contribution is -2.50. The quantitative estimate of drug-likeness (QED) is 0.556. The number of amides is 3. The molecule has 2 fully saturated rings. The molecular formula is C9H15N3O6S2. The van der Waals surface area contributed by atoms with E-state index in [0.29, 0.717) is 0 Å². The lowest BCUT2D eigenvalue weighted by Gasteiger charge is -2.20. The third-order valence-corrected chi connectivity index (χ3v) is 6.38. The van der Waals surface area contributed by atoms with Crippen LogP contribution in [0, 0.1) is 0 Å². The van der Waals surface area contributed by atoms with Gasteiger partial charge in [-0.2, -0.15) is 4.31 Å². The van der Waals surface area contributed by atoms with Gasteiger partial charge in [-0.05, 0) is 6.42 Å². The minimum absolute atomic E-state index is 0.0692. The van der Waals surface area contributed by atoms with Gasteiger partial charge in [0, 0.05) is 19.3 Å². The summed E-state index contributed by atoms with van der Waals surface area (Å²) in [6, 6.07) is -0.648. The van der Waals surface area contributed by atoms with Gasteiger partial charge in [-0.1, -0.05) is 0 Å². The van der Waals surface area contributed by atoms with Crippen molar-refractivity contribution in [2.75, 3.05) is 30.9 Å². The highest BCUT2D eigenvalue weighted by molar-refractivity contribution is 7.93. The average molecular weight is 325 g/mol. The predicted molar refractivity (Wildman–Crippen MR) is 69.1 cm³/mol. The van der Waals surface area contributed by atoms with Gasteiger partial charge in [0.05, 0.1) is 11.5 Å². The van der Waals surface area contributed by atoms with Crippen LogP contribution in [-0.4, -0.2) is 69.5 Å². The van der Waals surface area contributed by atoms with Gasteiger partial charge in [0.15, 0.2) is 0 Å². The minimum atomic E-state index is -3.77. The van der Waals surface area contributed by atoms with Crippen molar-refractivity contribution in [1.29, 1.82) is 0 Å². The molecule has 2 heterocycles. The molecule has 0 aromatic heterocycles. The molecule has 114 valence electrons. The predicted octanol–water partition coefficient (Wildman–Crippen LogP) is -2.36. The van der Waals surface area contributed by atoms with E-state index in [1.807, 2.05) is 0 Å². The van der Waals surface area contributed by atoms with Crippen LogP contribution in [0.15, 0.2) is 0 Å². The van der Waals surface area contributed by atoms with Crippen molar-refractivity contribution < 1.29 is 26.4 Å². The van der Waals surface area contributed by atoms with Gasteiger partial charge < -0.3 is 5.32 Å². The highest BCUT2D eigenvalue weighted by Crippen LogP contribution is 2.26. The molecular weight excluding hydrogens is 310 g/mol. The Balaban J connectivity index is 2.09. The zero-order chi connectivity index (χ0) is 15.2. The molecule has 0 saturated carbocycles. The van der Waals surface area contributed by atoms with Crippen molar-refractivity contribution >= 4 is 31.8 Å². The molecule has 2 saturated heterocycles. The molecule has 1 unspecified atom stereocenters. The van der Waals surface area contributed by atoms with Crippen LogP contribution >= 0.6 is 0 Å². The summed E-state index contributed by atoms with van der Waals surface area (Å²) in [7, 11) is -7.16. The molecule has 0 bridgehead atoms. The zero-order valence-electron chi connectivity index (χ0n) is 10.7. The summed E-state index contributed by atoms with van der Waals surface area (Å²) in [5, 5.41) is 4.50. The summed E-state index contributed by atoms with van der Waals surface area (Å²) in [4.78, 5) is 22.8. The van der Waals surface area contributed by atoms with E-state index in [-0.39, 0.29) is 19.5 Å². The Morgan fingerprint density at radius 3 is 2.35 bits per heavy atom.